The van der Waals surface area contributed by atoms with Crippen molar-refractivity contribution in [2.45, 2.75) is 25.9 Å². The zero-order valence-corrected chi connectivity index (χ0v) is 19.1. The molecule has 1 aliphatic heterocycles. The summed E-state index contributed by atoms with van der Waals surface area (Å²) >= 11 is 1.17. The molecule has 0 saturated carbocycles. The smallest absolute Gasteiger partial charge is 0.286 e. The summed E-state index contributed by atoms with van der Waals surface area (Å²) in [6.07, 6.45) is 3.75. The van der Waals surface area contributed by atoms with E-state index >= 15 is 0 Å². The van der Waals surface area contributed by atoms with Gasteiger partial charge in [-0.2, -0.15) is 0 Å². The Morgan fingerprint density at radius 3 is 2.61 bits per heavy atom. The minimum Gasteiger partial charge on any atom is -0.486 e. The number of anilines is 1. The second-order valence-electron chi connectivity index (χ2n) is 7.80. The Hall–Kier alpha value is -3.30. The Morgan fingerprint density at radius 1 is 0.970 bits per heavy atom. The summed E-state index contributed by atoms with van der Waals surface area (Å²) in [5, 5.41) is 14.6. The Kier molecular flexibility index (Phi) is 7.99. The normalized spacial score (nSPS) is 13.9. The van der Waals surface area contributed by atoms with Gasteiger partial charge in [-0.15, -0.1) is 10.2 Å². The van der Waals surface area contributed by atoms with E-state index in [1.165, 1.54) is 30.6 Å². The summed E-state index contributed by atoms with van der Waals surface area (Å²) in [4.78, 5) is 27.5. The molecule has 0 aliphatic carbocycles. The molecule has 0 spiro atoms. The average molecular weight is 466 g/mol. The van der Waals surface area contributed by atoms with Gasteiger partial charge < -0.3 is 20.3 Å². The molecule has 1 aliphatic rings. The van der Waals surface area contributed by atoms with Crippen molar-refractivity contribution in [3.63, 3.8) is 0 Å². The lowest BCUT2D eigenvalue weighted by molar-refractivity contribution is 0.0945. The molecule has 1 aromatic heterocycles. The van der Waals surface area contributed by atoms with Crippen molar-refractivity contribution < 1.29 is 14.3 Å². The average Bonchev–Trinajstić information content (AvgIpc) is 3.34. The number of aromatic nitrogens is 2. The minimum absolute atomic E-state index is 0.153. The Labute approximate surface area is 197 Å². The molecule has 3 aromatic rings. The molecule has 0 bridgehead atoms. The summed E-state index contributed by atoms with van der Waals surface area (Å²) < 4.78 is 5.65. The van der Waals surface area contributed by atoms with Gasteiger partial charge in [0.25, 0.3) is 11.8 Å². The Bertz CT molecular complexity index is 1070. The van der Waals surface area contributed by atoms with Gasteiger partial charge in [-0.1, -0.05) is 42.0 Å². The summed E-state index contributed by atoms with van der Waals surface area (Å²) in [5.41, 5.74) is 1.03. The second-order valence-corrected chi connectivity index (χ2v) is 8.86. The van der Waals surface area contributed by atoms with E-state index in [4.69, 9.17) is 4.74 Å². The highest BCUT2D eigenvalue weighted by atomic mass is 32.1. The van der Waals surface area contributed by atoms with Crippen LogP contribution in [-0.2, 0) is 6.61 Å². The van der Waals surface area contributed by atoms with Gasteiger partial charge >= 0.3 is 0 Å². The third-order valence-electron chi connectivity index (χ3n) is 5.31. The number of nitrogens with zero attached hydrogens (tertiary/aromatic N) is 3. The Morgan fingerprint density at radius 2 is 1.79 bits per heavy atom. The predicted octanol–water partition coefficient (Wildman–Crippen LogP) is 3.59. The van der Waals surface area contributed by atoms with Crippen LogP contribution in [0.1, 0.15) is 44.4 Å². The molecule has 9 heteroatoms. The highest BCUT2D eigenvalue weighted by molar-refractivity contribution is 7.13. The van der Waals surface area contributed by atoms with Crippen molar-refractivity contribution in [1.29, 1.82) is 0 Å². The molecule has 4 rings (SSSR count). The van der Waals surface area contributed by atoms with Crippen LogP contribution in [0.25, 0.3) is 0 Å². The molecule has 0 atom stereocenters. The molecule has 1 fully saturated rings. The van der Waals surface area contributed by atoms with Crippen LogP contribution < -0.4 is 15.4 Å². The van der Waals surface area contributed by atoms with Gasteiger partial charge in [-0.25, -0.2) is 0 Å². The van der Waals surface area contributed by atoms with E-state index in [1.807, 2.05) is 30.3 Å². The fourth-order valence-electron chi connectivity index (χ4n) is 3.60. The maximum absolute atomic E-state index is 12.6. The number of carbonyl (C=O) groups is 2. The van der Waals surface area contributed by atoms with Crippen LogP contribution in [0.15, 0.2) is 54.6 Å². The molecule has 0 radical (unpaired) electrons. The number of piperidine rings is 1. The summed E-state index contributed by atoms with van der Waals surface area (Å²) in [5.74, 6) is 0.199. The molecular weight excluding hydrogens is 438 g/mol. The van der Waals surface area contributed by atoms with Gasteiger partial charge in [0.05, 0.1) is 0 Å². The van der Waals surface area contributed by atoms with Crippen molar-refractivity contribution in [1.82, 2.24) is 20.4 Å². The maximum atomic E-state index is 12.6. The van der Waals surface area contributed by atoms with Crippen molar-refractivity contribution in [2.24, 2.45) is 0 Å². The zero-order valence-electron chi connectivity index (χ0n) is 18.3. The van der Waals surface area contributed by atoms with Gasteiger partial charge in [0.2, 0.25) is 5.01 Å². The van der Waals surface area contributed by atoms with E-state index in [-0.39, 0.29) is 23.4 Å². The first-order chi connectivity index (χ1) is 16.2. The number of para-hydroxylation sites is 1. The standard InChI is InChI=1S/C24H27N5O3S/c30-22(25-12-15-29-13-5-2-6-14-29)18-8-7-9-19(16-18)26-23(31)24-28-27-21(33-24)17-32-20-10-3-1-4-11-20/h1,3-4,7-11,16H,2,5-6,12-15,17H2,(H,25,30)(H,26,31). The summed E-state index contributed by atoms with van der Waals surface area (Å²) in [7, 11) is 0. The third kappa shape index (κ3) is 6.84. The molecule has 2 aromatic carbocycles. The second kappa shape index (κ2) is 11.5. The highest BCUT2D eigenvalue weighted by Gasteiger charge is 2.15. The lowest BCUT2D eigenvalue weighted by Gasteiger charge is -2.26. The van der Waals surface area contributed by atoms with Crippen molar-refractivity contribution in [2.75, 3.05) is 31.5 Å². The van der Waals surface area contributed by atoms with Crippen molar-refractivity contribution >= 4 is 28.8 Å². The van der Waals surface area contributed by atoms with Gasteiger partial charge in [0.15, 0.2) is 5.01 Å². The molecule has 172 valence electrons. The minimum atomic E-state index is -0.374. The van der Waals surface area contributed by atoms with E-state index in [2.05, 4.69) is 25.7 Å². The third-order valence-corrected chi connectivity index (χ3v) is 6.21. The van der Waals surface area contributed by atoms with E-state index in [0.717, 1.165) is 25.4 Å². The van der Waals surface area contributed by atoms with Crippen LogP contribution in [0.3, 0.4) is 0 Å². The van der Waals surface area contributed by atoms with Gasteiger partial charge in [0, 0.05) is 24.3 Å². The van der Waals surface area contributed by atoms with Crippen LogP contribution in [0.2, 0.25) is 0 Å². The van der Waals surface area contributed by atoms with Crippen molar-refractivity contribution in [3.8, 4) is 5.75 Å². The molecule has 2 N–H and O–H groups in total. The first-order valence-corrected chi connectivity index (χ1v) is 11.9. The molecule has 8 nitrogen and oxygen atoms in total. The molecular formula is C24H27N5O3S. The number of benzene rings is 2. The lowest BCUT2D eigenvalue weighted by atomic mass is 10.1. The van der Waals surface area contributed by atoms with Gasteiger partial charge in [-0.05, 0) is 56.3 Å². The van der Waals surface area contributed by atoms with Crippen LogP contribution >= 0.6 is 11.3 Å². The van der Waals surface area contributed by atoms with E-state index < -0.39 is 0 Å². The van der Waals surface area contributed by atoms with E-state index in [0.29, 0.717) is 22.8 Å². The monoisotopic (exact) mass is 465 g/mol. The number of amides is 2. The number of likely N-dealkylation sites (tertiary alicyclic amines) is 1. The van der Waals surface area contributed by atoms with E-state index in [1.54, 1.807) is 24.3 Å². The first kappa shape index (κ1) is 22.9. The van der Waals surface area contributed by atoms with Crippen LogP contribution in [0, 0.1) is 0 Å². The maximum Gasteiger partial charge on any atom is 0.286 e. The lowest BCUT2D eigenvalue weighted by Crippen LogP contribution is -2.37. The summed E-state index contributed by atoms with van der Waals surface area (Å²) in [6.45, 7) is 3.90. The fraction of sp³-hybridized carbons (Fsp3) is 0.333. The van der Waals surface area contributed by atoms with Crippen molar-refractivity contribution in [3.05, 3.63) is 70.2 Å². The molecule has 1 saturated heterocycles. The highest BCUT2D eigenvalue weighted by Crippen LogP contribution is 2.17. The topological polar surface area (TPSA) is 96.5 Å². The molecule has 33 heavy (non-hydrogen) atoms. The van der Waals surface area contributed by atoms with Gasteiger partial charge in [0.1, 0.15) is 12.4 Å². The van der Waals surface area contributed by atoms with E-state index in [9.17, 15) is 9.59 Å². The molecule has 2 amide bonds. The van der Waals surface area contributed by atoms with Crippen LogP contribution in [-0.4, -0.2) is 53.1 Å². The van der Waals surface area contributed by atoms with Crippen LogP contribution in [0.4, 0.5) is 5.69 Å². The predicted molar refractivity (Wildman–Crippen MR) is 128 cm³/mol. The SMILES string of the molecule is O=C(NCCN1CCCCC1)c1cccc(NC(=O)c2nnc(COc3ccccc3)s2)c1. The molecule has 0 unspecified atom stereocenters. The summed E-state index contributed by atoms with van der Waals surface area (Å²) in [6, 6.07) is 16.3. The number of hydrogen-bond donors (Lipinski definition) is 2. The number of nitrogens with one attached hydrogen (secondary N) is 2. The van der Waals surface area contributed by atoms with Crippen LogP contribution in [0.5, 0.6) is 5.75 Å². The quantitative estimate of drug-likeness (QED) is 0.501. The number of ether oxygens (including phenoxy) is 1. The Balaban J connectivity index is 1.27. The fourth-order valence-corrected chi connectivity index (χ4v) is 4.25. The largest absolute Gasteiger partial charge is 0.486 e. The zero-order chi connectivity index (χ0) is 22.9. The molecule has 2 heterocycles. The first-order valence-electron chi connectivity index (χ1n) is 11.1. The number of hydrogen-bond acceptors (Lipinski definition) is 7. The number of carbonyl (C=O) groups excluding carboxylic acids is 2. The number of rotatable bonds is 9. The van der Waals surface area contributed by atoms with Gasteiger partial charge in [-0.3, -0.25) is 9.59 Å².